The second kappa shape index (κ2) is 7.75. The molecule has 0 unspecified atom stereocenters. The van der Waals surface area contributed by atoms with Crippen molar-refractivity contribution in [2.24, 2.45) is 10.3 Å². The van der Waals surface area contributed by atoms with Crippen LogP contribution in [-0.2, 0) is 20.8 Å². The smallest absolute Gasteiger partial charge is 0.263 e. The molecule has 2 aromatic rings. The van der Waals surface area contributed by atoms with Gasteiger partial charge in [-0.15, -0.1) is 0 Å². The summed E-state index contributed by atoms with van der Waals surface area (Å²) in [5.74, 6) is -1.22. The van der Waals surface area contributed by atoms with Crippen molar-refractivity contribution in [2.75, 3.05) is 16.8 Å². The van der Waals surface area contributed by atoms with E-state index < -0.39 is 23.9 Å². The maximum atomic E-state index is 12.9. The van der Waals surface area contributed by atoms with Crippen LogP contribution in [0.25, 0.3) is 0 Å². The van der Waals surface area contributed by atoms with E-state index in [9.17, 15) is 14.4 Å². The molecule has 2 heterocycles. The van der Waals surface area contributed by atoms with Crippen molar-refractivity contribution in [1.29, 1.82) is 0 Å². The quantitative estimate of drug-likeness (QED) is 0.701. The maximum absolute atomic E-state index is 12.9. The highest BCUT2D eigenvalue weighted by atomic mass is 79.9. The van der Waals surface area contributed by atoms with Gasteiger partial charge in [0.15, 0.2) is 12.1 Å². The van der Waals surface area contributed by atoms with Gasteiger partial charge in [-0.3, -0.25) is 19.4 Å². The lowest BCUT2D eigenvalue weighted by atomic mass is 10.1. The number of nitrogens with zero attached hydrogens (tertiary/aromatic N) is 4. The first-order valence-corrected chi connectivity index (χ1v) is 9.97. The van der Waals surface area contributed by atoms with Crippen molar-refractivity contribution in [3.05, 3.63) is 58.6 Å². The molecule has 9 heteroatoms. The molecule has 4 rings (SSSR count). The molecule has 0 aliphatic carbocycles. The van der Waals surface area contributed by atoms with Crippen molar-refractivity contribution in [2.45, 2.75) is 25.4 Å². The Morgan fingerprint density at radius 1 is 1.07 bits per heavy atom. The summed E-state index contributed by atoms with van der Waals surface area (Å²) >= 11 is 3.33. The number of benzene rings is 2. The Hall–Kier alpha value is -3.07. The first-order chi connectivity index (χ1) is 14.0. The van der Waals surface area contributed by atoms with Crippen LogP contribution >= 0.6 is 15.9 Å². The summed E-state index contributed by atoms with van der Waals surface area (Å²) in [5, 5.41) is 11.9. The van der Waals surface area contributed by atoms with E-state index in [1.165, 1.54) is 10.6 Å². The van der Waals surface area contributed by atoms with Crippen LogP contribution in [0.2, 0.25) is 0 Å². The predicted molar refractivity (Wildman–Crippen MR) is 110 cm³/mol. The van der Waals surface area contributed by atoms with Crippen LogP contribution in [0.5, 0.6) is 0 Å². The number of carbonyl (C=O) groups excluding carboxylic acids is 3. The second-order valence-corrected chi connectivity index (χ2v) is 7.69. The number of rotatable bonds is 5. The van der Waals surface area contributed by atoms with E-state index >= 15 is 0 Å². The summed E-state index contributed by atoms with van der Waals surface area (Å²) in [6.07, 6.45) is 0.913. The molecule has 0 spiro atoms. The molecule has 0 radical (unpaired) electrons. The van der Waals surface area contributed by atoms with Crippen LogP contribution in [0.1, 0.15) is 12.5 Å². The van der Waals surface area contributed by atoms with Crippen LogP contribution in [0.15, 0.2) is 63.3 Å². The van der Waals surface area contributed by atoms with Crippen LogP contribution in [0.4, 0.5) is 11.4 Å². The number of anilines is 2. The normalized spacial score (nSPS) is 20.3. The van der Waals surface area contributed by atoms with Gasteiger partial charge in [0.05, 0.1) is 5.69 Å². The van der Waals surface area contributed by atoms with Gasteiger partial charge in [0.25, 0.3) is 11.8 Å². The van der Waals surface area contributed by atoms with Crippen LogP contribution < -0.4 is 10.2 Å². The van der Waals surface area contributed by atoms with E-state index in [1.54, 1.807) is 24.3 Å². The average molecular weight is 456 g/mol. The molecule has 0 saturated carbocycles. The minimum Gasteiger partial charge on any atom is -0.324 e. The van der Waals surface area contributed by atoms with E-state index in [0.29, 0.717) is 11.4 Å². The Labute approximate surface area is 175 Å². The number of aryl methyl sites for hydroxylation is 1. The zero-order valence-corrected chi connectivity index (χ0v) is 17.2. The van der Waals surface area contributed by atoms with Crippen LogP contribution in [0.3, 0.4) is 0 Å². The van der Waals surface area contributed by atoms with Gasteiger partial charge in [-0.2, -0.15) is 5.11 Å². The number of halogens is 1. The molecule has 1 fully saturated rings. The molecule has 0 bridgehead atoms. The average Bonchev–Trinajstić information content (AvgIpc) is 3.23. The van der Waals surface area contributed by atoms with E-state index in [1.807, 2.05) is 24.3 Å². The number of fused-ring (bicyclic) bond motifs is 1. The molecule has 2 atom stereocenters. The number of imide groups is 1. The number of hydrogen-bond acceptors (Lipinski definition) is 6. The summed E-state index contributed by atoms with van der Waals surface area (Å²) in [6.45, 7) is 1.88. The van der Waals surface area contributed by atoms with Gasteiger partial charge in [-0.05, 0) is 48.4 Å². The summed E-state index contributed by atoms with van der Waals surface area (Å²) in [6, 6.07) is 12.6. The fourth-order valence-electron chi connectivity index (χ4n) is 3.37. The van der Waals surface area contributed by atoms with Crippen molar-refractivity contribution in [3.63, 3.8) is 0 Å². The summed E-state index contributed by atoms with van der Waals surface area (Å²) in [7, 11) is 0. The first kappa shape index (κ1) is 19.3. The molecular formula is C20H18BrN5O3. The van der Waals surface area contributed by atoms with Crippen LogP contribution in [0, 0.1) is 0 Å². The molecule has 2 aliphatic heterocycles. The predicted octanol–water partition coefficient (Wildman–Crippen LogP) is 2.94. The van der Waals surface area contributed by atoms with Crippen molar-refractivity contribution in [1.82, 2.24) is 5.01 Å². The van der Waals surface area contributed by atoms with Gasteiger partial charge in [-0.1, -0.05) is 40.2 Å². The maximum Gasteiger partial charge on any atom is 0.263 e. The Morgan fingerprint density at radius 2 is 1.76 bits per heavy atom. The Kier molecular flexibility index (Phi) is 5.14. The Bertz CT molecular complexity index is 990. The molecule has 1 N–H and O–H groups in total. The minimum atomic E-state index is -0.928. The zero-order valence-electron chi connectivity index (χ0n) is 15.6. The van der Waals surface area contributed by atoms with Crippen LogP contribution in [-0.4, -0.2) is 41.4 Å². The highest BCUT2D eigenvalue weighted by Crippen LogP contribution is 2.32. The van der Waals surface area contributed by atoms with Gasteiger partial charge in [0.1, 0.15) is 6.54 Å². The molecule has 0 aromatic heterocycles. The van der Waals surface area contributed by atoms with Gasteiger partial charge in [0, 0.05) is 10.2 Å². The highest BCUT2D eigenvalue weighted by Gasteiger charge is 2.55. The van der Waals surface area contributed by atoms with E-state index in [0.717, 1.165) is 15.8 Å². The van der Waals surface area contributed by atoms with Crippen molar-refractivity contribution < 1.29 is 14.4 Å². The molecule has 2 aliphatic rings. The molecular weight excluding hydrogens is 438 g/mol. The first-order valence-electron chi connectivity index (χ1n) is 9.17. The highest BCUT2D eigenvalue weighted by molar-refractivity contribution is 9.10. The third kappa shape index (κ3) is 3.65. The second-order valence-electron chi connectivity index (χ2n) is 6.78. The van der Waals surface area contributed by atoms with Gasteiger partial charge in [0.2, 0.25) is 5.91 Å². The molecule has 29 heavy (non-hydrogen) atoms. The van der Waals surface area contributed by atoms with Gasteiger partial charge >= 0.3 is 0 Å². The number of hydrogen-bond donors (Lipinski definition) is 1. The van der Waals surface area contributed by atoms with Gasteiger partial charge in [-0.25, -0.2) is 4.90 Å². The topological polar surface area (TPSA) is 94.4 Å². The SMILES string of the molecule is CCc1ccc(NC(=O)CN2N=N[C@@H]3C(=O)N(c4ccc(Br)cc4)C(=O)[C@H]32)cc1. The lowest BCUT2D eigenvalue weighted by molar-refractivity contribution is -0.123. The molecule has 2 aromatic carbocycles. The van der Waals surface area contributed by atoms with Crippen molar-refractivity contribution in [3.8, 4) is 0 Å². The standard InChI is InChI=1S/C20H18BrN5O3/c1-2-12-3-7-14(8-4-12)22-16(27)11-25-18-17(23-24-25)19(28)26(20(18)29)15-9-5-13(21)6-10-15/h3-10,17-18H,2,11H2,1H3,(H,22,27)/t17-,18-/m0/s1. The number of amides is 3. The van der Waals surface area contributed by atoms with E-state index in [-0.39, 0.29) is 12.5 Å². The summed E-state index contributed by atoms with van der Waals surface area (Å²) in [4.78, 5) is 39.1. The molecule has 1 saturated heterocycles. The number of nitrogens with one attached hydrogen (secondary N) is 1. The lowest BCUT2D eigenvalue weighted by Crippen LogP contribution is -2.43. The minimum absolute atomic E-state index is 0.173. The fraction of sp³-hybridized carbons (Fsp3) is 0.250. The Balaban J connectivity index is 1.45. The zero-order chi connectivity index (χ0) is 20.5. The third-order valence-electron chi connectivity index (χ3n) is 4.89. The monoisotopic (exact) mass is 455 g/mol. The van der Waals surface area contributed by atoms with Crippen molar-refractivity contribution >= 4 is 45.0 Å². The largest absolute Gasteiger partial charge is 0.324 e. The number of carbonyl (C=O) groups is 3. The molecule has 8 nitrogen and oxygen atoms in total. The van der Waals surface area contributed by atoms with E-state index in [2.05, 4.69) is 38.5 Å². The van der Waals surface area contributed by atoms with Gasteiger partial charge < -0.3 is 5.32 Å². The Morgan fingerprint density at radius 3 is 2.41 bits per heavy atom. The third-order valence-corrected chi connectivity index (χ3v) is 5.42. The van der Waals surface area contributed by atoms with E-state index in [4.69, 9.17) is 0 Å². The summed E-state index contributed by atoms with van der Waals surface area (Å²) in [5.41, 5.74) is 2.29. The summed E-state index contributed by atoms with van der Waals surface area (Å²) < 4.78 is 0.838. The lowest BCUT2D eigenvalue weighted by Gasteiger charge is -2.20. The molecule has 148 valence electrons. The molecule has 3 amide bonds. The fourth-order valence-corrected chi connectivity index (χ4v) is 3.63.